The predicted octanol–water partition coefficient (Wildman–Crippen LogP) is 3.66. The van der Waals surface area contributed by atoms with E-state index in [2.05, 4.69) is 5.16 Å². The fourth-order valence-corrected chi connectivity index (χ4v) is 3.24. The van der Waals surface area contributed by atoms with Crippen LogP contribution in [0.3, 0.4) is 0 Å². The van der Waals surface area contributed by atoms with E-state index in [0.717, 1.165) is 21.9 Å². The van der Waals surface area contributed by atoms with E-state index in [-0.39, 0.29) is 5.57 Å². The van der Waals surface area contributed by atoms with Crippen molar-refractivity contribution in [3.05, 3.63) is 53.1 Å². The standard InChI is InChI=1S/C16H17NO4S/c1-10-14(11(2)21-17-10)9-22-15-7-5-4-6-12(15)13(8-20-3)16(18)19/h4-8H,9H2,1-3H3,(H,18,19). The summed E-state index contributed by atoms with van der Waals surface area (Å²) >= 11 is 1.54. The number of methoxy groups -OCH3 is 1. The van der Waals surface area contributed by atoms with Gasteiger partial charge in [-0.15, -0.1) is 11.8 Å². The maximum Gasteiger partial charge on any atom is 0.339 e. The van der Waals surface area contributed by atoms with E-state index >= 15 is 0 Å². The van der Waals surface area contributed by atoms with Gasteiger partial charge in [-0.1, -0.05) is 23.4 Å². The third kappa shape index (κ3) is 3.51. The number of carboxylic acids is 1. The summed E-state index contributed by atoms with van der Waals surface area (Å²) in [5, 5.41) is 13.3. The molecular formula is C16H17NO4S. The Hall–Kier alpha value is -2.21. The van der Waals surface area contributed by atoms with Gasteiger partial charge in [-0.05, 0) is 19.9 Å². The van der Waals surface area contributed by atoms with Crippen LogP contribution in [0.15, 0.2) is 39.9 Å². The van der Waals surface area contributed by atoms with Gasteiger partial charge in [-0.2, -0.15) is 0 Å². The van der Waals surface area contributed by atoms with Crippen LogP contribution in [-0.4, -0.2) is 23.3 Å². The van der Waals surface area contributed by atoms with Gasteiger partial charge in [-0.25, -0.2) is 4.79 Å². The van der Waals surface area contributed by atoms with E-state index in [0.29, 0.717) is 11.3 Å². The number of ether oxygens (including phenoxy) is 1. The molecule has 1 heterocycles. The lowest BCUT2D eigenvalue weighted by atomic mass is 10.1. The minimum Gasteiger partial charge on any atom is -0.503 e. The molecule has 116 valence electrons. The number of aliphatic carboxylic acids is 1. The van der Waals surface area contributed by atoms with E-state index in [1.807, 2.05) is 32.0 Å². The van der Waals surface area contributed by atoms with Gasteiger partial charge in [0, 0.05) is 21.8 Å². The second-order valence-electron chi connectivity index (χ2n) is 4.66. The van der Waals surface area contributed by atoms with Crippen LogP contribution in [-0.2, 0) is 15.3 Å². The van der Waals surface area contributed by atoms with Crippen molar-refractivity contribution in [2.45, 2.75) is 24.5 Å². The molecule has 0 amide bonds. The molecule has 1 aromatic heterocycles. The summed E-state index contributed by atoms with van der Waals surface area (Å²) in [5.41, 5.74) is 2.65. The fourth-order valence-electron chi connectivity index (χ4n) is 2.02. The van der Waals surface area contributed by atoms with E-state index < -0.39 is 5.97 Å². The number of carboxylic acid groups (broad SMARTS) is 1. The van der Waals surface area contributed by atoms with Gasteiger partial charge in [0.2, 0.25) is 0 Å². The van der Waals surface area contributed by atoms with Crippen molar-refractivity contribution in [2.75, 3.05) is 7.11 Å². The monoisotopic (exact) mass is 319 g/mol. The summed E-state index contributed by atoms with van der Waals surface area (Å²) in [6, 6.07) is 7.35. The first kappa shape index (κ1) is 16.2. The number of carbonyl (C=O) groups is 1. The summed E-state index contributed by atoms with van der Waals surface area (Å²) < 4.78 is 10.0. The highest BCUT2D eigenvalue weighted by atomic mass is 32.2. The van der Waals surface area contributed by atoms with Crippen LogP contribution >= 0.6 is 11.8 Å². The molecule has 1 N–H and O–H groups in total. The van der Waals surface area contributed by atoms with Crippen LogP contribution in [0.25, 0.3) is 5.57 Å². The van der Waals surface area contributed by atoms with Gasteiger partial charge in [0.15, 0.2) is 0 Å². The Balaban J connectivity index is 2.29. The van der Waals surface area contributed by atoms with E-state index in [1.54, 1.807) is 17.8 Å². The Labute approximate surface area is 133 Å². The molecule has 5 nitrogen and oxygen atoms in total. The summed E-state index contributed by atoms with van der Waals surface area (Å²) in [6.07, 6.45) is 1.25. The number of hydrogen-bond donors (Lipinski definition) is 1. The zero-order chi connectivity index (χ0) is 16.1. The van der Waals surface area contributed by atoms with Crippen molar-refractivity contribution in [2.24, 2.45) is 0 Å². The minimum absolute atomic E-state index is 0.129. The number of aromatic nitrogens is 1. The van der Waals surface area contributed by atoms with E-state index in [9.17, 15) is 9.90 Å². The lowest BCUT2D eigenvalue weighted by Crippen LogP contribution is -2.02. The molecule has 0 atom stereocenters. The molecular weight excluding hydrogens is 302 g/mol. The molecule has 0 aliphatic rings. The van der Waals surface area contributed by atoms with Crippen LogP contribution in [0.4, 0.5) is 0 Å². The van der Waals surface area contributed by atoms with Crippen LogP contribution < -0.4 is 0 Å². The van der Waals surface area contributed by atoms with Crippen molar-refractivity contribution in [3.63, 3.8) is 0 Å². The SMILES string of the molecule is COC=C(C(=O)O)c1ccccc1SCc1c(C)noc1C. The highest BCUT2D eigenvalue weighted by molar-refractivity contribution is 7.98. The first-order valence-electron chi connectivity index (χ1n) is 6.64. The zero-order valence-electron chi connectivity index (χ0n) is 12.6. The van der Waals surface area contributed by atoms with Crippen LogP contribution in [0.5, 0.6) is 0 Å². The molecule has 6 heteroatoms. The quantitative estimate of drug-likeness (QED) is 0.498. The van der Waals surface area contributed by atoms with E-state index in [4.69, 9.17) is 9.26 Å². The normalized spacial score (nSPS) is 11.5. The molecule has 0 saturated heterocycles. The van der Waals surface area contributed by atoms with Gasteiger partial charge in [0.1, 0.15) is 11.3 Å². The van der Waals surface area contributed by atoms with Crippen molar-refractivity contribution < 1.29 is 19.2 Å². The summed E-state index contributed by atoms with van der Waals surface area (Å²) in [5.74, 6) is 0.429. The molecule has 2 rings (SSSR count). The molecule has 0 aliphatic carbocycles. The predicted molar refractivity (Wildman–Crippen MR) is 84.6 cm³/mol. The van der Waals surface area contributed by atoms with Crippen molar-refractivity contribution in [1.29, 1.82) is 0 Å². The summed E-state index contributed by atoms with van der Waals surface area (Å²) in [4.78, 5) is 12.3. The molecule has 22 heavy (non-hydrogen) atoms. The fraction of sp³-hybridized carbons (Fsp3) is 0.250. The van der Waals surface area contributed by atoms with Crippen molar-refractivity contribution >= 4 is 23.3 Å². The average molecular weight is 319 g/mol. The highest BCUT2D eigenvalue weighted by Gasteiger charge is 2.16. The molecule has 0 radical (unpaired) electrons. The Morgan fingerprint density at radius 1 is 1.41 bits per heavy atom. The lowest BCUT2D eigenvalue weighted by Gasteiger charge is -2.09. The molecule has 0 aliphatic heterocycles. The molecule has 2 aromatic rings. The number of benzene rings is 1. The number of thioether (sulfide) groups is 1. The van der Waals surface area contributed by atoms with Gasteiger partial charge in [0.05, 0.1) is 19.1 Å². The Bertz CT molecular complexity index is 686. The van der Waals surface area contributed by atoms with E-state index in [1.165, 1.54) is 13.4 Å². The second-order valence-corrected chi connectivity index (χ2v) is 5.68. The maximum atomic E-state index is 11.4. The average Bonchev–Trinajstić information content (AvgIpc) is 2.82. The topological polar surface area (TPSA) is 72.6 Å². The van der Waals surface area contributed by atoms with Crippen LogP contribution in [0.1, 0.15) is 22.6 Å². The number of nitrogens with zero attached hydrogens (tertiary/aromatic N) is 1. The van der Waals surface area contributed by atoms with Gasteiger partial charge >= 0.3 is 5.97 Å². The zero-order valence-corrected chi connectivity index (χ0v) is 13.4. The maximum absolute atomic E-state index is 11.4. The van der Waals surface area contributed by atoms with Gasteiger partial charge in [-0.3, -0.25) is 0 Å². The molecule has 0 fully saturated rings. The molecule has 0 spiro atoms. The Morgan fingerprint density at radius 3 is 2.73 bits per heavy atom. The Kier molecular flexibility index (Phi) is 5.27. The third-order valence-electron chi connectivity index (χ3n) is 3.20. The summed E-state index contributed by atoms with van der Waals surface area (Å²) in [7, 11) is 1.43. The molecule has 0 saturated carbocycles. The largest absolute Gasteiger partial charge is 0.503 e. The van der Waals surface area contributed by atoms with Gasteiger partial charge < -0.3 is 14.4 Å². The molecule has 0 bridgehead atoms. The summed E-state index contributed by atoms with van der Waals surface area (Å²) in [6.45, 7) is 3.76. The lowest BCUT2D eigenvalue weighted by molar-refractivity contribution is -0.130. The Morgan fingerprint density at radius 2 is 2.14 bits per heavy atom. The first-order valence-corrected chi connectivity index (χ1v) is 7.63. The van der Waals surface area contributed by atoms with Crippen molar-refractivity contribution in [1.82, 2.24) is 5.16 Å². The third-order valence-corrected chi connectivity index (χ3v) is 4.30. The number of aryl methyl sites for hydroxylation is 2. The molecule has 0 unspecified atom stereocenters. The highest BCUT2D eigenvalue weighted by Crippen LogP contribution is 2.32. The van der Waals surface area contributed by atoms with Crippen LogP contribution in [0.2, 0.25) is 0 Å². The first-order chi connectivity index (χ1) is 10.5. The number of rotatable bonds is 6. The van der Waals surface area contributed by atoms with Gasteiger partial charge in [0.25, 0.3) is 0 Å². The second kappa shape index (κ2) is 7.17. The van der Waals surface area contributed by atoms with Crippen LogP contribution in [0, 0.1) is 13.8 Å². The molecule has 1 aromatic carbocycles. The van der Waals surface area contributed by atoms with Crippen molar-refractivity contribution in [3.8, 4) is 0 Å². The smallest absolute Gasteiger partial charge is 0.339 e. The minimum atomic E-state index is -1.02. The number of hydrogen-bond acceptors (Lipinski definition) is 5.